The molecule has 146 valence electrons. The number of aromatic nitrogens is 3. The average molecular weight is 386 g/mol. The van der Waals surface area contributed by atoms with Crippen LogP contribution in [-0.4, -0.2) is 20.0 Å². The number of anilines is 1. The zero-order valence-electron chi connectivity index (χ0n) is 16.4. The summed E-state index contributed by atoms with van der Waals surface area (Å²) in [7, 11) is 0. The number of carbonyl (C=O) groups is 1. The number of aryl methyl sites for hydroxylation is 2. The third-order valence-corrected chi connectivity index (χ3v) is 4.96. The minimum absolute atomic E-state index is 0.0854. The van der Waals surface area contributed by atoms with E-state index >= 15 is 0 Å². The van der Waals surface area contributed by atoms with Crippen molar-refractivity contribution in [1.82, 2.24) is 14.1 Å². The lowest BCUT2D eigenvalue weighted by Gasteiger charge is -2.10. The second kappa shape index (κ2) is 7.75. The third-order valence-electron chi connectivity index (χ3n) is 4.96. The molecule has 0 atom stereocenters. The first-order chi connectivity index (χ1) is 14.1. The van der Waals surface area contributed by atoms with Crippen LogP contribution in [0.4, 0.5) is 5.69 Å². The summed E-state index contributed by atoms with van der Waals surface area (Å²) < 4.78 is 3.01. The average Bonchev–Trinajstić information content (AvgIpc) is 3.01. The standard InChI is InChI=1S/C23H22N4O2/c1-3-17-7-4-5-8-19(17)25-21(28)15-26-20-9-6-14-24-22(20)27(23(26)29)18-12-10-16(2)11-13-18/h4-14H,3,15H2,1-2H3,(H,25,28). The van der Waals surface area contributed by atoms with Gasteiger partial charge in [0.2, 0.25) is 5.91 Å². The molecule has 1 N–H and O–H groups in total. The van der Waals surface area contributed by atoms with Gasteiger partial charge in [-0.3, -0.25) is 9.36 Å². The zero-order valence-corrected chi connectivity index (χ0v) is 16.4. The Hall–Kier alpha value is -3.67. The van der Waals surface area contributed by atoms with Gasteiger partial charge in [0.1, 0.15) is 6.54 Å². The van der Waals surface area contributed by atoms with Crippen LogP contribution in [0.25, 0.3) is 16.9 Å². The minimum atomic E-state index is -0.290. The summed E-state index contributed by atoms with van der Waals surface area (Å²) in [6.45, 7) is 3.95. The number of para-hydroxylation sites is 1. The van der Waals surface area contributed by atoms with Gasteiger partial charge in [-0.25, -0.2) is 14.3 Å². The van der Waals surface area contributed by atoms with Crippen LogP contribution >= 0.6 is 0 Å². The molecule has 0 fully saturated rings. The van der Waals surface area contributed by atoms with Crippen molar-refractivity contribution in [3.8, 4) is 5.69 Å². The first-order valence-corrected chi connectivity index (χ1v) is 9.59. The van der Waals surface area contributed by atoms with Crippen LogP contribution in [0.5, 0.6) is 0 Å². The van der Waals surface area contributed by atoms with Crippen LogP contribution in [0.15, 0.2) is 71.7 Å². The Morgan fingerprint density at radius 1 is 1.03 bits per heavy atom. The smallest absolute Gasteiger partial charge is 0.324 e. The van der Waals surface area contributed by atoms with Crippen molar-refractivity contribution in [2.75, 3.05) is 5.32 Å². The van der Waals surface area contributed by atoms with Crippen LogP contribution in [0.2, 0.25) is 0 Å². The Kier molecular flexibility index (Phi) is 4.99. The van der Waals surface area contributed by atoms with Gasteiger partial charge in [0, 0.05) is 11.9 Å². The molecular weight excluding hydrogens is 364 g/mol. The maximum atomic E-state index is 13.2. The number of hydrogen-bond acceptors (Lipinski definition) is 3. The molecule has 2 aromatic carbocycles. The number of pyridine rings is 1. The van der Waals surface area contributed by atoms with E-state index in [1.165, 1.54) is 4.57 Å². The number of fused-ring (bicyclic) bond motifs is 1. The molecule has 0 aliphatic heterocycles. The van der Waals surface area contributed by atoms with E-state index in [1.807, 2.05) is 68.4 Å². The quantitative estimate of drug-likeness (QED) is 0.569. The zero-order chi connectivity index (χ0) is 20.4. The van der Waals surface area contributed by atoms with Crippen molar-refractivity contribution in [3.63, 3.8) is 0 Å². The van der Waals surface area contributed by atoms with Crippen molar-refractivity contribution in [3.05, 3.63) is 88.5 Å². The molecule has 4 rings (SSSR count). The fourth-order valence-electron chi connectivity index (χ4n) is 3.45. The molecule has 4 aromatic rings. The molecule has 0 saturated heterocycles. The second-order valence-corrected chi connectivity index (χ2v) is 6.94. The molecule has 6 nitrogen and oxygen atoms in total. The first-order valence-electron chi connectivity index (χ1n) is 9.59. The van der Waals surface area contributed by atoms with Gasteiger partial charge in [0.25, 0.3) is 0 Å². The van der Waals surface area contributed by atoms with Crippen LogP contribution in [0.3, 0.4) is 0 Å². The number of rotatable bonds is 5. The fraction of sp³-hybridized carbons (Fsp3) is 0.174. The second-order valence-electron chi connectivity index (χ2n) is 6.94. The molecule has 0 spiro atoms. The largest absolute Gasteiger partial charge is 0.335 e. The number of imidazole rings is 1. The van der Waals surface area contributed by atoms with Crippen LogP contribution < -0.4 is 11.0 Å². The maximum Gasteiger partial charge on any atom is 0.335 e. The van der Waals surface area contributed by atoms with Crippen molar-refractivity contribution in [2.45, 2.75) is 26.8 Å². The van der Waals surface area contributed by atoms with Gasteiger partial charge in [-0.1, -0.05) is 42.8 Å². The summed E-state index contributed by atoms with van der Waals surface area (Å²) >= 11 is 0. The molecule has 2 heterocycles. The van der Waals surface area contributed by atoms with E-state index in [0.717, 1.165) is 28.9 Å². The Labute approximate surface area is 168 Å². The lowest BCUT2D eigenvalue weighted by atomic mass is 10.1. The topological polar surface area (TPSA) is 68.9 Å². The van der Waals surface area contributed by atoms with Crippen molar-refractivity contribution < 1.29 is 4.79 Å². The van der Waals surface area contributed by atoms with E-state index in [9.17, 15) is 9.59 Å². The molecule has 6 heteroatoms. The predicted octanol–water partition coefficient (Wildman–Crippen LogP) is 3.70. The van der Waals surface area contributed by atoms with Crippen LogP contribution in [-0.2, 0) is 17.8 Å². The van der Waals surface area contributed by atoms with Crippen LogP contribution in [0, 0.1) is 6.92 Å². The number of amides is 1. The number of nitrogens with one attached hydrogen (secondary N) is 1. The van der Waals surface area contributed by atoms with Gasteiger partial charge in [0.05, 0.1) is 11.2 Å². The van der Waals surface area contributed by atoms with Gasteiger partial charge < -0.3 is 5.32 Å². The van der Waals surface area contributed by atoms with E-state index in [1.54, 1.807) is 16.8 Å². The van der Waals surface area contributed by atoms with Gasteiger partial charge in [-0.2, -0.15) is 0 Å². The van der Waals surface area contributed by atoms with Crippen molar-refractivity contribution in [1.29, 1.82) is 0 Å². The highest BCUT2D eigenvalue weighted by Gasteiger charge is 2.18. The number of benzene rings is 2. The summed E-state index contributed by atoms with van der Waals surface area (Å²) in [5.74, 6) is -0.250. The lowest BCUT2D eigenvalue weighted by Crippen LogP contribution is -2.29. The number of nitrogens with zero attached hydrogens (tertiary/aromatic N) is 3. The fourth-order valence-corrected chi connectivity index (χ4v) is 3.45. The van der Waals surface area contributed by atoms with Crippen molar-refractivity contribution >= 4 is 22.8 Å². The van der Waals surface area contributed by atoms with Crippen molar-refractivity contribution in [2.24, 2.45) is 0 Å². The summed E-state index contributed by atoms with van der Waals surface area (Å²) in [5, 5.41) is 2.93. The highest BCUT2D eigenvalue weighted by Crippen LogP contribution is 2.18. The van der Waals surface area contributed by atoms with E-state index in [2.05, 4.69) is 10.3 Å². The summed E-state index contributed by atoms with van der Waals surface area (Å²) in [6, 6.07) is 18.9. The molecule has 0 radical (unpaired) electrons. The molecule has 0 aliphatic rings. The summed E-state index contributed by atoms with van der Waals surface area (Å²) in [6.07, 6.45) is 2.46. The van der Waals surface area contributed by atoms with Gasteiger partial charge in [-0.15, -0.1) is 0 Å². The Morgan fingerprint density at radius 2 is 1.79 bits per heavy atom. The number of carbonyl (C=O) groups excluding carboxylic acids is 1. The molecule has 0 bridgehead atoms. The molecule has 0 saturated carbocycles. The van der Waals surface area contributed by atoms with Gasteiger partial charge in [0.15, 0.2) is 5.65 Å². The monoisotopic (exact) mass is 386 g/mol. The molecular formula is C23H22N4O2. The highest BCUT2D eigenvalue weighted by atomic mass is 16.2. The van der Waals surface area contributed by atoms with Gasteiger partial charge in [-0.05, 0) is 49.2 Å². The molecule has 29 heavy (non-hydrogen) atoms. The minimum Gasteiger partial charge on any atom is -0.324 e. The summed E-state index contributed by atoms with van der Waals surface area (Å²) in [4.78, 5) is 30.3. The molecule has 1 amide bonds. The van der Waals surface area contributed by atoms with E-state index in [4.69, 9.17) is 0 Å². The normalized spacial score (nSPS) is 11.0. The Bertz CT molecular complexity index is 1240. The highest BCUT2D eigenvalue weighted by molar-refractivity contribution is 5.92. The molecule has 0 aliphatic carbocycles. The Balaban J connectivity index is 1.73. The maximum absolute atomic E-state index is 13.2. The molecule has 0 unspecified atom stereocenters. The van der Waals surface area contributed by atoms with E-state index in [-0.39, 0.29) is 18.1 Å². The molecule has 2 aromatic heterocycles. The Morgan fingerprint density at radius 3 is 2.55 bits per heavy atom. The van der Waals surface area contributed by atoms with Gasteiger partial charge >= 0.3 is 5.69 Å². The summed E-state index contributed by atoms with van der Waals surface area (Å²) in [5.41, 5.74) is 4.51. The van der Waals surface area contributed by atoms with Crippen LogP contribution in [0.1, 0.15) is 18.1 Å². The first kappa shape index (κ1) is 18.7. The third kappa shape index (κ3) is 3.57. The lowest BCUT2D eigenvalue weighted by molar-refractivity contribution is -0.116. The SMILES string of the molecule is CCc1ccccc1NC(=O)Cn1c(=O)n(-c2ccc(C)cc2)c2ncccc21. The van der Waals surface area contributed by atoms with E-state index < -0.39 is 0 Å². The van der Waals surface area contributed by atoms with E-state index in [0.29, 0.717) is 11.2 Å². The predicted molar refractivity (Wildman–Crippen MR) is 115 cm³/mol. The number of hydrogen-bond donors (Lipinski definition) is 1.